The molecule has 0 unspecified atom stereocenters. The van der Waals surface area contributed by atoms with Gasteiger partial charge in [-0.2, -0.15) is 5.10 Å². The van der Waals surface area contributed by atoms with Crippen LogP contribution in [0.3, 0.4) is 0 Å². The standard InChI is InChI=1S/C29H39ClN4O5/c1-36-24-8-6-22(7-9-24)33(15-25-18-37-10-11-39-25)21-2-4-23(5-3-21)34-29(35)28(30)27(14-32-34)31-13-20-17-38-16-19-12-26(19)20/h6-9,14,19-21,23,25-26,31H,2-5,10-13,15-18H2,1H3/t19-,20+,21?,23?,25+,26-/m0/s1/i1D3. The second kappa shape index (κ2) is 12.0. The minimum atomic E-state index is -2.50. The van der Waals surface area contributed by atoms with Crippen molar-refractivity contribution >= 4 is 23.0 Å². The maximum Gasteiger partial charge on any atom is 0.287 e. The van der Waals surface area contributed by atoms with Crippen molar-refractivity contribution in [1.29, 1.82) is 0 Å². The second-order valence-corrected chi connectivity index (χ2v) is 11.6. The summed E-state index contributed by atoms with van der Waals surface area (Å²) in [5.74, 6) is 2.14. The van der Waals surface area contributed by atoms with Crippen LogP contribution in [0, 0.1) is 17.8 Å². The van der Waals surface area contributed by atoms with Crippen molar-refractivity contribution in [3.8, 4) is 5.75 Å². The Morgan fingerprint density at radius 2 is 2.00 bits per heavy atom. The molecule has 0 amide bonds. The third kappa shape index (κ3) is 6.06. The predicted octanol–water partition coefficient (Wildman–Crippen LogP) is 4.01. The Balaban J connectivity index is 1.10. The van der Waals surface area contributed by atoms with Gasteiger partial charge in [-0.05, 0) is 68.2 Å². The molecule has 6 rings (SSSR count). The molecule has 1 aromatic carbocycles. The summed E-state index contributed by atoms with van der Waals surface area (Å²) in [6, 6.07) is 7.31. The summed E-state index contributed by atoms with van der Waals surface area (Å²) >= 11 is 6.56. The van der Waals surface area contributed by atoms with E-state index >= 15 is 0 Å². The predicted molar refractivity (Wildman–Crippen MR) is 150 cm³/mol. The fourth-order valence-electron chi connectivity index (χ4n) is 6.46. The number of hydrogen-bond donors (Lipinski definition) is 1. The Bertz CT molecular complexity index is 1270. The Kier molecular flexibility index (Phi) is 7.22. The topological polar surface area (TPSA) is 87.1 Å². The second-order valence-electron chi connectivity index (χ2n) is 11.2. The van der Waals surface area contributed by atoms with Gasteiger partial charge in [0.2, 0.25) is 0 Å². The summed E-state index contributed by atoms with van der Waals surface area (Å²) in [7, 11) is -2.50. The van der Waals surface area contributed by atoms with Gasteiger partial charge >= 0.3 is 0 Å². The first kappa shape index (κ1) is 23.4. The van der Waals surface area contributed by atoms with E-state index in [0.717, 1.165) is 51.1 Å². The van der Waals surface area contributed by atoms with Crippen molar-refractivity contribution in [3.05, 3.63) is 45.8 Å². The normalized spacial score (nSPS) is 31.8. The lowest BCUT2D eigenvalue weighted by molar-refractivity contribution is -0.0847. The van der Waals surface area contributed by atoms with Crippen LogP contribution >= 0.6 is 11.6 Å². The number of nitrogens with one attached hydrogen (secondary N) is 1. The lowest BCUT2D eigenvalue weighted by atomic mass is 9.89. The van der Waals surface area contributed by atoms with Crippen molar-refractivity contribution < 1.29 is 23.1 Å². The van der Waals surface area contributed by atoms with Crippen LogP contribution in [0.25, 0.3) is 0 Å². The van der Waals surface area contributed by atoms with Crippen LogP contribution in [-0.4, -0.2) is 75.1 Å². The maximum absolute atomic E-state index is 13.3. The average Bonchev–Trinajstić information content (AvgIpc) is 3.78. The lowest BCUT2D eigenvalue weighted by Gasteiger charge is -2.40. The van der Waals surface area contributed by atoms with Crippen LogP contribution in [0.5, 0.6) is 5.75 Å². The summed E-state index contributed by atoms with van der Waals surface area (Å²) in [4.78, 5) is 15.6. The first-order valence-electron chi connectivity index (χ1n) is 15.6. The molecule has 4 atom stereocenters. The molecule has 2 saturated carbocycles. The Hall–Kier alpha value is -2.33. The van der Waals surface area contributed by atoms with Gasteiger partial charge in [-0.1, -0.05) is 11.6 Å². The van der Waals surface area contributed by atoms with Gasteiger partial charge in [0.25, 0.3) is 5.56 Å². The van der Waals surface area contributed by atoms with Crippen molar-refractivity contribution in [2.24, 2.45) is 17.8 Å². The number of methoxy groups -OCH3 is 1. The molecule has 2 aliphatic heterocycles. The molecular formula is C29H39ClN4O5. The monoisotopic (exact) mass is 561 g/mol. The number of ether oxygens (including phenoxy) is 4. The summed E-state index contributed by atoms with van der Waals surface area (Å²) in [6.07, 6.45) is 6.10. The minimum absolute atomic E-state index is 0.0366. The number of nitrogens with zero attached hydrogens (tertiary/aromatic N) is 3. The zero-order chi connectivity index (χ0) is 29.3. The number of aromatic nitrogens is 2. The van der Waals surface area contributed by atoms with Crippen LogP contribution < -0.4 is 20.5 Å². The first-order valence-corrected chi connectivity index (χ1v) is 14.5. The van der Waals surface area contributed by atoms with E-state index in [1.54, 1.807) is 23.0 Å². The quantitative estimate of drug-likeness (QED) is 0.491. The van der Waals surface area contributed by atoms with Crippen LogP contribution in [0.4, 0.5) is 11.4 Å². The van der Waals surface area contributed by atoms with E-state index in [2.05, 4.69) is 15.3 Å². The first-order chi connectivity index (χ1) is 20.2. The fraction of sp³-hybridized carbons (Fsp3) is 0.655. The molecule has 2 saturated heterocycles. The number of benzene rings is 1. The smallest absolute Gasteiger partial charge is 0.287 e. The summed E-state index contributed by atoms with van der Waals surface area (Å²) < 4.78 is 46.0. The molecule has 4 aliphatic rings. The van der Waals surface area contributed by atoms with Crippen LogP contribution in [-0.2, 0) is 14.2 Å². The molecule has 3 heterocycles. The van der Waals surface area contributed by atoms with E-state index in [1.165, 1.54) is 6.42 Å². The highest BCUT2D eigenvalue weighted by Gasteiger charge is 2.45. The average molecular weight is 562 g/mol. The van der Waals surface area contributed by atoms with Gasteiger partial charge in [-0.15, -0.1) is 0 Å². The lowest BCUT2D eigenvalue weighted by Crippen LogP contribution is -2.46. The molecule has 0 radical (unpaired) electrons. The molecule has 212 valence electrons. The third-order valence-electron chi connectivity index (χ3n) is 8.77. The molecule has 0 spiro atoms. The van der Waals surface area contributed by atoms with Gasteiger partial charge in [0, 0.05) is 37.3 Å². The Morgan fingerprint density at radius 1 is 1.15 bits per heavy atom. The van der Waals surface area contributed by atoms with E-state index < -0.39 is 7.04 Å². The number of halogens is 1. The maximum atomic E-state index is 13.3. The molecule has 1 N–H and O–H groups in total. The summed E-state index contributed by atoms with van der Waals surface area (Å²) in [5, 5.41) is 8.07. The van der Waals surface area contributed by atoms with Crippen molar-refractivity contribution in [2.75, 3.05) is 63.4 Å². The fourth-order valence-corrected chi connectivity index (χ4v) is 6.66. The SMILES string of the molecule is [2H]C([2H])([2H])Oc1ccc(N(C[C@@H]2COCCO2)C2CCC(n3ncc(NC[C@@H]4COC[C@@H]5C[C@H]45)c(Cl)c3=O)CC2)cc1. The van der Waals surface area contributed by atoms with E-state index in [9.17, 15) is 4.79 Å². The van der Waals surface area contributed by atoms with E-state index in [4.69, 9.17) is 34.7 Å². The van der Waals surface area contributed by atoms with E-state index in [-0.39, 0.29) is 28.8 Å². The molecular weight excluding hydrogens is 520 g/mol. The highest BCUT2D eigenvalue weighted by molar-refractivity contribution is 6.32. The number of hydrogen-bond acceptors (Lipinski definition) is 8. The number of fused-ring (bicyclic) bond motifs is 1. The van der Waals surface area contributed by atoms with Gasteiger partial charge in [0.15, 0.2) is 0 Å². The van der Waals surface area contributed by atoms with E-state index in [0.29, 0.717) is 55.6 Å². The zero-order valence-electron chi connectivity index (χ0n) is 25.1. The van der Waals surface area contributed by atoms with Crippen LogP contribution in [0.2, 0.25) is 5.02 Å². The highest BCUT2D eigenvalue weighted by atomic mass is 35.5. The van der Waals surface area contributed by atoms with Crippen LogP contribution in [0.15, 0.2) is 35.3 Å². The highest BCUT2D eigenvalue weighted by Crippen LogP contribution is 2.47. The largest absolute Gasteiger partial charge is 0.497 e. The summed E-state index contributed by atoms with van der Waals surface area (Å²) in [5.41, 5.74) is 1.28. The van der Waals surface area contributed by atoms with Crippen molar-refractivity contribution in [3.63, 3.8) is 0 Å². The Morgan fingerprint density at radius 3 is 2.77 bits per heavy atom. The molecule has 2 aromatic rings. The minimum Gasteiger partial charge on any atom is -0.497 e. The molecule has 10 heteroatoms. The van der Waals surface area contributed by atoms with E-state index in [1.807, 2.05) is 12.1 Å². The van der Waals surface area contributed by atoms with Crippen LogP contribution in [0.1, 0.15) is 42.3 Å². The van der Waals surface area contributed by atoms with Crippen molar-refractivity contribution in [2.45, 2.75) is 50.3 Å². The Labute approximate surface area is 238 Å². The summed E-state index contributed by atoms with van der Waals surface area (Å²) in [6.45, 7) is 4.68. The van der Waals surface area contributed by atoms with Gasteiger partial charge in [0.1, 0.15) is 10.8 Å². The van der Waals surface area contributed by atoms with Gasteiger partial charge in [0.05, 0.1) is 61.6 Å². The number of rotatable bonds is 9. The number of anilines is 2. The molecule has 2 aliphatic carbocycles. The van der Waals surface area contributed by atoms with Crippen molar-refractivity contribution in [1.82, 2.24) is 9.78 Å². The zero-order valence-corrected chi connectivity index (χ0v) is 22.9. The molecule has 9 nitrogen and oxygen atoms in total. The molecule has 0 bridgehead atoms. The van der Waals surface area contributed by atoms with Gasteiger partial charge in [-0.25, -0.2) is 4.68 Å². The molecule has 39 heavy (non-hydrogen) atoms. The van der Waals surface area contributed by atoms with Gasteiger partial charge in [-0.3, -0.25) is 4.79 Å². The molecule has 4 fully saturated rings. The van der Waals surface area contributed by atoms with Gasteiger partial charge < -0.3 is 29.2 Å². The molecule has 1 aromatic heterocycles. The third-order valence-corrected chi connectivity index (χ3v) is 9.13.